The van der Waals surface area contributed by atoms with Crippen LogP contribution in [0.15, 0.2) is 11.1 Å². The van der Waals surface area contributed by atoms with E-state index >= 15 is 0 Å². The first kappa shape index (κ1) is 17.5. The number of likely N-dealkylation sites (N-methyl/N-ethyl adjacent to an activating group) is 1. The number of fused-ring (bicyclic) bond motifs is 1. The monoisotopic (exact) mass is 346 g/mol. The molecule has 0 aliphatic carbocycles. The number of nitrogens with two attached hydrogens (primary N) is 1. The maximum atomic E-state index is 12.3. The topological polar surface area (TPSA) is 117 Å². The SMILES string of the molecule is CCN(C(=O)OC(C)(C)C)C1COc2c(S(N)(=O)=O)cnn2C1. The van der Waals surface area contributed by atoms with Gasteiger partial charge < -0.3 is 14.4 Å². The molecule has 23 heavy (non-hydrogen) atoms. The number of sulfonamides is 1. The second kappa shape index (κ2) is 6.00. The first-order valence-electron chi connectivity index (χ1n) is 7.24. The molecule has 0 saturated heterocycles. The van der Waals surface area contributed by atoms with Gasteiger partial charge in [-0.05, 0) is 27.7 Å². The van der Waals surface area contributed by atoms with Gasteiger partial charge in [-0.3, -0.25) is 0 Å². The third kappa shape index (κ3) is 3.94. The van der Waals surface area contributed by atoms with Gasteiger partial charge in [0.25, 0.3) is 0 Å². The summed E-state index contributed by atoms with van der Waals surface area (Å²) in [5, 5.41) is 9.10. The fourth-order valence-electron chi connectivity index (χ4n) is 2.30. The molecule has 9 nitrogen and oxygen atoms in total. The third-order valence-corrected chi connectivity index (χ3v) is 4.16. The molecule has 0 radical (unpaired) electrons. The van der Waals surface area contributed by atoms with Crippen LogP contribution in [0.25, 0.3) is 0 Å². The molecule has 1 aliphatic rings. The molecule has 0 saturated carbocycles. The normalized spacial score (nSPS) is 18.0. The molecule has 0 fully saturated rings. The summed E-state index contributed by atoms with van der Waals surface area (Å²) in [5.74, 6) is 0.101. The summed E-state index contributed by atoms with van der Waals surface area (Å²) in [4.78, 5) is 13.6. The first-order chi connectivity index (χ1) is 10.5. The summed E-state index contributed by atoms with van der Waals surface area (Å²) in [6.45, 7) is 8.08. The molecular weight excluding hydrogens is 324 g/mol. The summed E-state index contributed by atoms with van der Waals surface area (Å²) in [6, 6.07) is -0.310. The molecular formula is C13H22N4O5S. The first-order valence-corrected chi connectivity index (χ1v) is 8.78. The number of amides is 1. The minimum atomic E-state index is -3.90. The zero-order chi connectivity index (χ0) is 17.4. The number of ether oxygens (including phenoxy) is 2. The standard InChI is InChI=1S/C13H22N4O5S/c1-5-16(12(18)22-13(2,3)4)9-7-17-11(21-8-9)10(6-15-17)23(14,19)20/h6,9H,5,7-8H2,1-4H3,(H2,14,19,20). The van der Waals surface area contributed by atoms with E-state index in [1.807, 2.05) is 6.92 Å². The van der Waals surface area contributed by atoms with Crippen molar-refractivity contribution in [2.75, 3.05) is 13.2 Å². The van der Waals surface area contributed by atoms with Crippen molar-refractivity contribution in [3.05, 3.63) is 6.20 Å². The predicted octanol–water partition coefficient (Wildman–Crippen LogP) is 0.549. The number of carbonyl (C=O) groups excluding carboxylic acids is 1. The highest BCUT2D eigenvalue weighted by atomic mass is 32.2. The van der Waals surface area contributed by atoms with Crippen molar-refractivity contribution in [1.29, 1.82) is 0 Å². The lowest BCUT2D eigenvalue weighted by Gasteiger charge is -2.35. The fraction of sp³-hybridized carbons (Fsp3) is 0.692. The van der Waals surface area contributed by atoms with Crippen molar-refractivity contribution in [3.63, 3.8) is 0 Å². The van der Waals surface area contributed by atoms with Crippen molar-refractivity contribution >= 4 is 16.1 Å². The number of hydrogen-bond donors (Lipinski definition) is 1. The molecule has 2 heterocycles. The van der Waals surface area contributed by atoms with E-state index in [0.717, 1.165) is 6.20 Å². The molecule has 0 bridgehead atoms. The van der Waals surface area contributed by atoms with Crippen LogP contribution in [0, 0.1) is 0 Å². The molecule has 130 valence electrons. The van der Waals surface area contributed by atoms with E-state index < -0.39 is 21.7 Å². The van der Waals surface area contributed by atoms with Crippen LogP contribution in [0.3, 0.4) is 0 Å². The predicted molar refractivity (Wildman–Crippen MR) is 81.5 cm³/mol. The Labute approximate surface area is 135 Å². The van der Waals surface area contributed by atoms with E-state index in [2.05, 4.69) is 5.10 Å². The van der Waals surface area contributed by atoms with Gasteiger partial charge in [0, 0.05) is 6.54 Å². The largest absolute Gasteiger partial charge is 0.475 e. The maximum Gasteiger partial charge on any atom is 0.410 e. The third-order valence-electron chi connectivity index (χ3n) is 3.27. The highest BCUT2D eigenvalue weighted by Crippen LogP contribution is 2.27. The van der Waals surface area contributed by atoms with Crippen LogP contribution in [0.4, 0.5) is 4.79 Å². The van der Waals surface area contributed by atoms with Gasteiger partial charge in [-0.15, -0.1) is 0 Å². The lowest BCUT2D eigenvalue weighted by Crippen LogP contribution is -2.49. The zero-order valence-corrected chi connectivity index (χ0v) is 14.5. The smallest absolute Gasteiger partial charge is 0.410 e. The molecule has 10 heteroatoms. The number of primary sulfonamides is 1. The molecule has 1 aromatic rings. The summed E-state index contributed by atoms with van der Waals surface area (Å²) in [6.07, 6.45) is 0.701. The molecule has 1 aromatic heterocycles. The average Bonchev–Trinajstić information content (AvgIpc) is 2.80. The van der Waals surface area contributed by atoms with Crippen molar-refractivity contribution in [3.8, 4) is 5.88 Å². The Hall–Kier alpha value is -1.81. The Balaban J connectivity index is 2.18. The van der Waals surface area contributed by atoms with Crippen molar-refractivity contribution in [2.24, 2.45) is 5.14 Å². The highest BCUT2D eigenvalue weighted by Gasteiger charge is 2.34. The number of aromatic nitrogens is 2. The Morgan fingerprint density at radius 1 is 1.57 bits per heavy atom. The van der Waals surface area contributed by atoms with Crippen LogP contribution < -0.4 is 9.88 Å². The van der Waals surface area contributed by atoms with Gasteiger partial charge in [0.1, 0.15) is 12.2 Å². The van der Waals surface area contributed by atoms with Gasteiger partial charge in [0.2, 0.25) is 15.9 Å². The van der Waals surface area contributed by atoms with Crippen molar-refractivity contribution < 1.29 is 22.7 Å². The average molecular weight is 346 g/mol. The lowest BCUT2D eigenvalue weighted by molar-refractivity contribution is 0.00408. The minimum absolute atomic E-state index is 0.101. The van der Waals surface area contributed by atoms with Gasteiger partial charge in [-0.2, -0.15) is 5.10 Å². The van der Waals surface area contributed by atoms with E-state index in [-0.39, 0.29) is 23.4 Å². The van der Waals surface area contributed by atoms with E-state index in [1.54, 1.807) is 20.8 Å². The Morgan fingerprint density at radius 2 is 2.22 bits per heavy atom. The second-order valence-electron chi connectivity index (χ2n) is 6.27. The van der Waals surface area contributed by atoms with Gasteiger partial charge in [-0.1, -0.05) is 0 Å². The molecule has 1 unspecified atom stereocenters. The van der Waals surface area contributed by atoms with Crippen LogP contribution in [0.2, 0.25) is 0 Å². The number of hydrogen-bond acceptors (Lipinski definition) is 6. The second-order valence-corrected chi connectivity index (χ2v) is 7.80. The summed E-state index contributed by atoms with van der Waals surface area (Å²) < 4.78 is 35.2. The van der Waals surface area contributed by atoms with Gasteiger partial charge in [-0.25, -0.2) is 23.0 Å². The molecule has 2 rings (SSSR count). The molecule has 1 aliphatic heterocycles. The van der Waals surface area contributed by atoms with E-state index in [1.165, 1.54) is 9.58 Å². The number of nitrogens with zero attached hydrogens (tertiary/aromatic N) is 3. The van der Waals surface area contributed by atoms with Gasteiger partial charge in [0.05, 0.1) is 18.8 Å². The van der Waals surface area contributed by atoms with Crippen LogP contribution in [0.5, 0.6) is 5.88 Å². The van der Waals surface area contributed by atoms with Crippen LogP contribution in [0.1, 0.15) is 27.7 Å². The van der Waals surface area contributed by atoms with E-state index in [4.69, 9.17) is 14.6 Å². The number of rotatable bonds is 3. The summed E-state index contributed by atoms with van der Waals surface area (Å²) >= 11 is 0. The fourth-order valence-corrected chi connectivity index (χ4v) is 2.90. The van der Waals surface area contributed by atoms with E-state index in [9.17, 15) is 13.2 Å². The molecule has 2 N–H and O–H groups in total. The summed E-state index contributed by atoms with van der Waals surface area (Å²) in [5.41, 5.74) is -0.600. The quantitative estimate of drug-likeness (QED) is 0.854. The van der Waals surface area contributed by atoms with Crippen molar-refractivity contribution in [1.82, 2.24) is 14.7 Å². The van der Waals surface area contributed by atoms with Crippen LogP contribution >= 0.6 is 0 Å². The number of carbonyl (C=O) groups is 1. The van der Waals surface area contributed by atoms with Crippen LogP contribution in [-0.4, -0.2) is 54.0 Å². The van der Waals surface area contributed by atoms with Crippen LogP contribution in [-0.2, 0) is 21.3 Å². The Morgan fingerprint density at radius 3 is 2.74 bits per heavy atom. The Kier molecular flexibility index (Phi) is 4.58. The summed E-state index contributed by atoms with van der Waals surface area (Å²) in [7, 11) is -3.90. The maximum absolute atomic E-state index is 12.3. The Bertz CT molecular complexity index is 692. The molecule has 0 aromatic carbocycles. The highest BCUT2D eigenvalue weighted by molar-refractivity contribution is 7.89. The minimum Gasteiger partial charge on any atom is -0.475 e. The lowest BCUT2D eigenvalue weighted by atomic mass is 10.2. The van der Waals surface area contributed by atoms with Gasteiger partial charge >= 0.3 is 6.09 Å². The molecule has 1 atom stereocenters. The molecule has 1 amide bonds. The zero-order valence-electron chi connectivity index (χ0n) is 13.6. The van der Waals surface area contributed by atoms with Gasteiger partial charge in [0.15, 0.2) is 4.90 Å². The van der Waals surface area contributed by atoms with E-state index in [0.29, 0.717) is 13.1 Å². The molecule has 0 spiro atoms. The van der Waals surface area contributed by atoms with Crippen molar-refractivity contribution in [2.45, 2.75) is 50.8 Å².